The molecule has 3 nitrogen and oxygen atoms in total. The molecule has 2 heterocycles. The SMILES string of the molecule is CC(C)(C)N1CCN(Cc2cncc(Br)c2)CC1. The summed E-state index contributed by atoms with van der Waals surface area (Å²) in [5.74, 6) is 0. The minimum absolute atomic E-state index is 0.295. The van der Waals surface area contributed by atoms with E-state index >= 15 is 0 Å². The molecule has 2 rings (SSSR count). The molecule has 1 aromatic rings. The molecule has 4 heteroatoms. The maximum atomic E-state index is 4.22. The zero-order valence-corrected chi connectivity index (χ0v) is 13.1. The maximum Gasteiger partial charge on any atom is 0.0410 e. The van der Waals surface area contributed by atoms with Gasteiger partial charge in [-0.1, -0.05) is 0 Å². The number of hydrogen-bond acceptors (Lipinski definition) is 3. The van der Waals surface area contributed by atoms with Gasteiger partial charge in [0.05, 0.1) is 0 Å². The van der Waals surface area contributed by atoms with Gasteiger partial charge in [-0.3, -0.25) is 14.8 Å². The highest BCUT2D eigenvalue weighted by molar-refractivity contribution is 9.10. The summed E-state index contributed by atoms with van der Waals surface area (Å²) in [6.45, 7) is 12.5. The van der Waals surface area contributed by atoms with E-state index in [1.807, 2.05) is 12.4 Å². The summed E-state index contributed by atoms with van der Waals surface area (Å²) < 4.78 is 1.06. The highest BCUT2D eigenvalue weighted by Gasteiger charge is 2.25. The largest absolute Gasteiger partial charge is 0.296 e. The van der Waals surface area contributed by atoms with Crippen LogP contribution in [-0.2, 0) is 6.54 Å². The highest BCUT2D eigenvalue weighted by Crippen LogP contribution is 2.17. The lowest BCUT2D eigenvalue weighted by Gasteiger charge is -2.42. The van der Waals surface area contributed by atoms with Crippen LogP contribution in [0.4, 0.5) is 0 Å². The summed E-state index contributed by atoms with van der Waals surface area (Å²) in [6.07, 6.45) is 3.79. The lowest BCUT2D eigenvalue weighted by molar-refractivity contribution is 0.0590. The van der Waals surface area contributed by atoms with E-state index in [0.29, 0.717) is 5.54 Å². The Kier molecular flexibility index (Phi) is 4.41. The Morgan fingerprint density at radius 3 is 2.39 bits per heavy atom. The van der Waals surface area contributed by atoms with E-state index in [0.717, 1.165) is 37.2 Å². The zero-order chi connectivity index (χ0) is 13.2. The molecule has 0 unspecified atom stereocenters. The van der Waals surface area contributed by atoms with E-state index in [1.54, 1.807) is 0 Å². The van der Waals surface area contributed by atoms with E-state index in [1.165, 1.54) is 5.56 Å². The van der Waals surface area contributed by atoms with Crippen LogP contribution in [0.3, 0.4) is 0 Å². The molecule has 1 saturated heterocycles. The third kappa shape index (κ3) is 3.77. The van der Waals surface area contributed by atoms with Crippen molar-refractivity contribution in [2.24, 2.45) is 0 Å². The van der Waals surface area contributed by atoms with Gasteiger partial charge in [-0.15, -0.1) is 0 Å². The van der Waals surface area contributed by atoms with Crippen LogP contribution in [-0.4, -0.2) is 46.5 Å². The van der Waals surface area contributed by atoms with Gasteiger partial charge in [-0.2, -0.15) is 0 Å². The fraction of sp³-hybridized carbons (Fsp3) is 0.643. The van der Waals surface area contributed by atoms with Gasteiger partial charge in [-0.25, -0.2) is 0 Å². The number of pyridine rings is 1. The maximum absolute atomic E-state index is 4.22. The first-order valence-corrected chi connectivity index (χ1v) is 7.31. The number of hydrogen-bond donors (Lipinski definition) is 0. The first-order chi connectivity index (χ1) is 8.45. The van der Waals surface area contributed by atoms with E-state index in [2.05, 4.69) is 57.6 Å². The Morgan fingerprint density at radius 2 is 1.83 bits per heavy atom. The van der Waals surface area contributed by atoms with Gasteiger partial charge >= 0.3 is 0 Å². The molecule has 100 valence electrons. The van der Waals surface area contributed by atoms with Gasteiger partial charge in [0.25, 0.3) is 0 Å². The number of aromatic nitrogens is 1. The molecular weight excluding hydrogens is 290 g/mol. The van der Waals surface area contributed by atoms with Crippen molar-refractivity contribution in [2.45, 2.75) is 32.9 Å². The second-order valence-electron chi connectivity index (χ2n) is 5.95. The molecule has 0 radical (unpaired) electrons. The molecule has 0 atom stereocenters. The number of nitrogens with zero attached hydrogens (tertiary/aromatic N) is 3. The molecule has 0 amide bonds. The van der Waals surface area contributed by atoms with Crippen LogP contribution < -0.4 is 0 Å². The Labute approximate surface area is 118 Å². The van der Waals surface area contributed by atoms with Gasteiger partial charge in [0.15, 0.2) is 0 Å². The van der Waals surface area contributed by atoms with Crippen LogP contribution in [0.15, 0.2) is 22.9 Å². The van der Waals surface area contributed by atoms with Crippen molar-refractivity contribution in [2.75, 3.05) is 26.2 Å². The van der Waals surface area contributed by atoms with E-state index in [9.17, 15) is 0 Å². The van der Waals surface area contributed by atoms with Gasteiger partial charge in [0.1, 0.15) is 0 Å². The second kappa shape index (κ2) is 5.68. The molecule has 0 spiro atoms. The van der Waals surface area contributed by atoms with Crippen molar-refractivity contribution >= 4 is 15.9 Å². The number of rotatable bonds is 2. The van der Waals surface area contributed by atoms with Crippen molar-refractivity contribution < 1.29 is 0 Å². The highest BCUT2D eigenvalue weighted by atomic mass is 79.9. The third-order valence-electron chi connectivity index (χ3n) is 3.49. The molecular formula is C14H22BrN3. The van der Waals surface area contributed by atoms with Crippen molar-refractivity contribution in [3.63, 3.8) is 0 Å². The van der Waals surface area contributed by atoms with E-state index in [-0.39, 0.29) is 0 Å². The van der Waals surface area contributed by atoms with Crippen LogP contribution in [0.2, 0.25) is 0 Å². The molecule has 0 saturated carbocycles. The first kappa shape index (κ1) is 14.0. The summed E-state index contributed by atoms with van der Waals surface area (Å²) in [5.41, 5.74) is 1.58. The fourth-order valence-corrected chi connectivity index (χ4v) is 2.79. The van der Waals surface area contributed by atoms with Crippen molar-refractivity contribution in [1.82, 2.24) is 14.8 Å². The Bertz CT molecular complexity index is 392. The van der Waals surface area contributed by atoms with Crippen molar-refractivity contribution in [1.29, 1.82) is 0 Å². The minimum atomic E-state index is 0.295. The first-order valence-electron chi connectivity index (χ1n) is 6.52. The Hall–Kier alpha value is -0.450. The van der Waals surface area contributed by atoms with Crippen LogP contribution in [0, 0.1) is 0 Å². The second-order valence-corrected chi connectivity index (χ2v) is 6.86. The number of piperazine rings is 1. The fourth-order valence-electron chi connectivity index (χ4n) is 2.38. The summed E-state index contributed by atoms with van der Waals surface area (Å²) in [5, 5.41) is 0. The lowest BCUT2D eigenvalue weighted by atomic mass is 10.0. The van der Waals surface area contributed by atoms with Gasteiger partial charge in [0.2, 0.25) is 0 Å². The van der Waals surface area contributed by atoms with Crippen molar-refractivity contribution in [3.8, 4) is 0 Å². The minimum Gasteiger partial charge on any atom is -0.296 e. The predicted octanol–water partition coefficient (Wildman–Crippen LogP) is 2.76. The van der Waals surface area contributed by atoms with Crippen molar-refractivity contribution in [3.05, 3.63) is 28.5 Å². The molecule has 18 heavy (non-hydrogen) atoms. The molecule has 0 aromatic carbocycles. The zero-order valence-electron chi connectivity index (χ0n) is 11.5. The van der Waals surface area contributed by atoms with E-state index in [4.69, 9.17) is 0 Å². The summed E-state index contributed by atoms with van der Waals surface area (Å²) >= 11 is 3.47. The van der Waals surface area contributed by atoms with Crippen LogP contribution in [0.25, 0.3) is 0 Å². The Morgan fingerprint density at radius 1 is 1.17 bits per heavy atom. The molecule has 1 aromatic heterocycles. The van der Waals surface area contributed by atoms with Crippen LogP contribution >= 0.6 is 15.9 Å². The summed E-state index contributed by atoms with van der Waals surface area (Å²) in [4.78, 5) is 9.28. The summed E-state index contributed by atoms with van der Waals surface area (Å²) in [7, 11) is 0. The smallest absolute Gasteiger partial charge is 0.0410 e. The van der Waals surface area contributed by atoms with Gasteiger partial charge in [-0.05, 0) is 48.3 Å². The topological polar surface area (TPSA) is 19.4 Å². The molecule has 0 bridgehead atoms. The standard InChI is InChI=1S/C14H22BrN3/c1-14(2,3)18-6-4-17(5-7-18)11-12-8-13(15)10-16-9-12/h8-10H,4-7,11H2,1-3H3. The molecule has 1 aliphatic rings. The Balaban J connectivity index is 1.87. The van der Waals surface area contributed by atoms with Gasteiger partial charge in [0, 0.05) is 55.1 Å². The number of halogens is 1. The quantitative estimate of drug-likeness (QED) is 0.837. The van der Waals surface area contributed by atoms with Crippen LogP contribution in [0.1, 0.15) is 26.3 Å². The van der Waals surface area contributed by atoms with Gasteiger partial charge < -0.3 is 0 Å². The average Bonchev–Trinajstić information content (AvgIpc) is 2.28. The normalized spacial score (nSPS) is 19.1. The van der Waals surface area contributed by atoms with Crippen LogP contribution in [0.5, 0.6) is 0 Å². The summed E-state index contributed by atoms with van der Waals surface area (Å²) in [6, 6.07) is 2.16. The molecule has 1 fully saturated rings. The lowest BCUT2D eigenvalue weighted by Crippen LogP contribution is -2.53. The molecule has 0 aliphatic carbocycles. The van der Waals surface area contributed by atoms with E-state index < -0.39 is 0 Å². The predicted molar refractivity (Wildman–Crippen MR) is 78.5 cm³/mol. The molecule has 0 N–H and O–H groups in total. The average molecular weight is 312 g/mol. The third-order valence-corrected chi connectivity index (χ3v) is 3.92. The molecule has 1 aliphatic heterocycles. The monoisotopic (exact) mass is 311 g/mol.